The standard InChI is InChI=1S/C16H23N3O2/c1-3-14(17)10-13-11-15(20-2)4-5-16(13)21-9-8-19-7-6-18-12-19/h4-7,11-12,14H,3,8-10,17H2,1-2H3. The molecule has 5 heteroatoms. The van der Waals surface area contributed by atoms with Crippen molar-refractivity contribution in [2.75, 3.05) is 13.7 Å². The maximum atomic E-state index is 6.06. The van der Waals surface area contributed by atoms with Gasteiger partial charge in [-0.3, -0.25) is 0 Å². The molecule has 0 aliphatic carbocycles. The molecule has 0 radical (unpaired) electrons. The summed E-state index contributed by atoms with van der Waals surface area (Å²) in [6.07, 6.45) is 7.19. The lowest BCUT2D eigenvalue weighted by molar-refractivity contribution is 0.294. The number of hydrogen-bond acceptors (Lipinski definition) is 4. The van der Waals surface area contributed by atoms with Gasteiger partial charge < -0.3 is 19.8 Å². The molecule has 0 saturated heterocycles. The van der Waals surface area contributed by atoms with Gasteiger partial charge in [-0.15, -0.1) is 0 Å². The molecule has 21 heavy (non-hydrogen) atoms. The molecule has 0 aliphatic rings. The first-order chi connectivity index (χ1) is 10.2. The molecule has 0 saturated carbocycles. The van der Waals surface area contributed by atoms with Gasteiger partial charge in [-0.2, -0.15) is 0 Å². The van der Waals surface area contributed by atoms with E-state index in [9.17, 15) is 0 Å². The number of aromatic nitrogens is 2. The fourth-order valence-electron chi connectivity index (χ4n) is 2.09. The van der Waals surface area contributed by atoms with Crippen LogP contribution in [0.3, 0.4) is 0 Å². The summed E-state index contributed by atoms with van der Waals surface area (Å²) in [4.78, 5) is 4.01. The normalized spacial score (nSPS) is 12.1. The highest BCUT2D eigenvalue weighted by molar-refractivity contribution is 5.40. The van der Waals surface area contributed by atoms with Gasteiger partial charge in [0.05, 0.1) is 20.0 Å². The fourth-order valence-corrected chi connectivity index (χ4v) is 2.09. The number of methoxy groups -OCH3 is 1. The lowest BCUT2D eigenvalue weighted by Crippen LogP contribution is -2.22. The summed E-state index contributed by atoms with van der Waals surface area (Å²) in [6, 6.07) is 5.99. The molecule has 1 aromatic carbocycles. The van der Waals surface area contributed by atoms with E-state index in [4.69, 9.17) is 15.2 Å². The van der Waals surface area contributed by atoms with E-state index in [-0.39, 0.29) is 6.04 Å². The third-order valence-corrected chi connectivity index (χ3v) is 3.44. The Balaban J connectivity index is 2.02. The van der Waals surface area contributed by atoms with E-state index in [0.29, 0.717) is 6.61 Å². The van der Waals surface area contributed by atoms with E-state index < -0.39 is 0 Å². The van der Waals surface area contributed by atoms with E-state index in [0.717, 1.165) is 36.4 Å². The first kappa shape index (κ1) is 15.4. The number of benzene rings is 1. The van der Waals surface area contributed by atoms with Crippen LogP contribution >= 0.6 is 0 Å². The minimum absolute atomic E-state index is 0.133. The smallest absolute Gasteiger partial charge is 0.122 e. The van der Waals surface area contributed by atoms with E-state index in [1.807, 2.05) is 29.0 Å². The molecular weight excluding hydrogens is 266 g/mol. The zero-order valence-corrected chi connectivity index (χ0v) is 12.7. The molecule has 0 fully saturated rings. The monoisotopic (exact) mass is 289 g/mol. The minimum atomic E-state index is 0.133. The molecule has 114 valence electrons. The highest BCUT2D eigenvalue weighted by Crippen LogP contribution is 2.25. The molecule has 0 amide bonds. The Hall–Kier alpha value is -2.01. The summed E-state index contributed by atoms with van der Waals surface area (Å²) >= 11 is 0. The van der Waals surface area contributed by atoms with Crippen molar-refractivity contribution < 1.29 is 9.47 Å². The molecule has 1 heterocycles. The van der Waals surface area contributed by atoms with Crippen LogP contribution in [0.2, 0.25) is 0 Å². The SMILES string of the molecule is CCC(N)Cc1cc(OC)ccc1OCCn1ccnc1. The Kier molecular flexibility index (Phi) is 5.63. The summed E-state index contributed by atoms with van der Waals surface area (Å²) in [5.41, 5.74) is 7.15. The highest BCUT2D eigenvalue weighted by atomic mass is 16.5. The van der Waals surface area contributed by atoms with Crippen molar-refractivity contribution in [1.82, 2.24) is 9.55 Å². The summed E-state index contributed by atoms with van der Waals surface area (Å²) < 4.78 is 13.2. The van der Waals surface area contributed by atoms with Gasteiger partial charge in [0, 0.05) is 18.4 Å². The van der Waals surface area contributed by atoms with Gasteiger partial charge in [-0.25, -0.2) is 4.98 Å². The van der Waals surface area contributed by atoms with Gasteiger partial charge in [-0.05, 0) is 36.6 Å². The third kappa shape index (κ3) is 4.49. The van der Waals surface area contributed by atoms with Gasteiger partial charge in [0.1, 0.15) is 18.1 Å². The predicted molar refractivity (Wildman–Crippen MR) is 82.7 cm³/mol. The van der Waals surface area contributed by atoms with Crippen molar-refractivity contribution in [3.8, 4) is 11.5 Å². The molecule has 5 nitrogen and oxygen atoms in total. The number of ether oxygens (including phenoxy) is 2. The zero-order chi connectivity index (χ0) is 15.1. The Morgan fingerprint density at radius 3 is 2.90 bits per heavy atom. The van der Waals surface area contributed by atoms with Crippen LogP contribution in [0.5, 0.6) is 11.5 Å². The van der Waals surface area contributed by atoms with Crippen LogP contribution < -0.4 is 15.2 Å². The van der Waals surface area contributed by atoms with Crippen LogP contribution in [0.1, 0.15) is 18.9 Å². The fraction of sp³-hybridized carbons (Fsp3) is 0.438. The Morgan fingerprint density at radius 1 is 1.38 bits per heavy atom. The lowest BCUT2D eigenvalue weighted by Gasteiger charge is -2.15. The second-order valence-electron chi connectivity index (χ2n) is 5.00. The number of imidazole rings is 1. The average Bonchev–Trinajstić information content (AvgIpc) is 3.01. The van der Waals surface area contributed by atoms with E-state index >= 15 is 0 Å². The van der Waals surface area contributed by atoms with Gasteiger partial charge in [0.25, 0.3) is 0 Å². The molecule has 0 spiro atoms. The second kappa shape index (κ2) is 7.69. The molecule has 2 rings (SSSR count). The second-order valence-corrected chi connectivity index (χ2v) is 5.00. The summed E-state index contributed by atoms with van der Waals surface area (Å²) in [5, 5.41) is 0. The largest absolute Gasteiger partial charge is 0.497 e. The molecule has 1 unspecified atom stereocenters. The van der Waals surface area contributed by atoms with Gasteiger partial charge in [-0.1, -0.05) is 6.92 Å². The Morgan fingerprint density at radius 2 is 2.24 bits per heavy atom. The first-order valence-corrected chi connectivity index (χ1v) is 7.24. The van der Waals surface area contributed by atoms with Crippen LogP contribution in [0.15, 0.2) is 36.9 Å². The topological polar surface area (TPSA) is 62.3 Å². The maximum Gasteiger partial charge on any atom is 0.122 e. The molecule has 2 N–H and O–H groups in total. The first-order valence-electron chi connectivity index (χ1n) is 7.24. The third-order valence-electron chi connectivity index (χ3n) is 3.44. The van der Waals surface area contributed by atoms with Crippen LogP contribution in [0.25, 0.3) is 0 Å². The van der Waals surface area contributed by atoms with Crippen molar-refractivity contribution >= 4 is 0 Å². The van der Waals surface area contributed by atoms with E-state index in [1.54, 1.807) is 19.6 Å². The molecular formula is C16H23N3O2. The average molecular weight is 289 g/mol. The van der Waals surface area contributed by atoms with Crippen molar-refractivity contribution in [2.45, 2.75) is 32.4 Å². The Labute approximate surface area is 125 Å². The van der Waals surface area contributed by atoms with Crippen LogP contribution in [-0.4, -0.2) is 29.3 Å². The number of hydrogen-bond donors (Lipinski definition) is 1. The number of nitrogens with two attached hydrogens (primary N) is 1. The van der Waals surface area contributed by atoms with Gasteiger partial charge >= 0.3 is 0 Å². The molecule has 0 aliphatic heterocycles. The van der Waals surface area contributed by atoms with Crippen molar-refractivity contribution in [3.63, 3.8) is 0 Å². The minimum Gasteiger partial charge on any atom is -0.497 e. The van der Waals surface area contributed by atoms with Crippen molar-refractivity contribution in [2.24, 2.45) is 5.73 Å². The van der Waals surface area contributed by atoms with Crippen molar-refractivity contribution in [3.05, 3.63) is 42.5 Å². The lowest BCUT2D eigenvalue weighted by atomic mass is 10.0. The molecule has 1 aromatic heterocycles. The summed E-state index contributed by atoms with van der Waals surface area (Å²) in [6.45, 7) is 3.45. The number of nitrogens with zero attached hydrogens (tertiary/aromatic N) is 2. The Bertz CT molecular complexity index is 540. The van der Waals surface area contributed by atoms with E-state index in [2.05, 4.69) is 11.9 Å². The van der Waals surface area contributed by atoms with Gasteiger partial charge in [0.15, 0.2) is 0 Å². The van der Waals surface area contributed by atoms with Crippen LogP contribution in [0, 0.1) is 0 Å². The zero-order valence-electron chi connectivity index (χ0n) is 12.7. The summed E-state index contributed by atoms with van der Waals surface area (Å²) in [5.74, 6) is 1.70. The van der Waals surface area contributed by atoms with Gasteiger partial charge in [0.2, 0.25) is 0 Å². The van der Waals surface area contributed by atoms with E-state index in [1.165, 1.54) is 0 Å². The van der Waals surface area contributed by atoms with Crippen LogP contribution in [0.4, 0.5) is 0 Å². The quantitative estimate of drug-likeness (QED) is 0.809. The van der Waals surface area contributed by atoms with Crippen LogP contribution in [-0.2, 0) is 13.0 Å². The highest BCUT2D eigenvalue weighted by Gasteiger charge is 2.10. The number of rotatable bonds is 8. The maximum absolute atomic E-state index is 6.06. The molecule has 1 atom stereocenters. The molecule has 0 bridgehead atoms. The summed E-state index contributed by atoms with van der Waals surface area (Å²) in [7, 11) is 1.67. The molecule has 2 aromatic rings. The van der Waals surface area contributed by atoms with Crippen molar-refractivity contribution in [1.29, 1.82) is 0 Å². The predicted octanol–water partition coefficient (Wildman–Crippen LogP) is 2.25.